The Labute approximate surface area is 132 Å². The molecule has 2 fully saturated rings. The van der Waals surface area contributed by atoms with Crippen molar-refractivity contribution in [2.24, 2.45) is 5.73 Å². The van der Waals surface area contributed by atoms with Gasteiger partial charge in [-0.2, -0.15) is 0 Å². The van der Waals surface area contributed by atoms with Crippen LogP contribution in [0.25, 0.3) is 0 Å². The molecule has 3 rings (SSSR count). The van der Waals surface area contributed by atoms with E-state index >= 15 is 0 Å². The molecule has 1 atom stereocenters. The lowest BCUT2D eigenvalue weighted by atomic mass is 9.77. The molecule has 22 heavy (non-hydrogen) atoms. The molecule has 1 aromatic carbocycles. The van der Waals surface area contributed by atoms with Crippen molar-refractivity contribution in [2.45, 2.75) is 56.6 Å². The van der Waals surface area contributed by atoms with Gasteiger partial charge in [-0.15, -0.1) is 0 Å². The number of benzene rings is 1. The van der Waals surface area contributed by atoms with E-state index in [1.807, 2.05) is 12.1 Å². The molecule has 0 aromatic heterocycles. The fourth-order valence-corrected chi connectivity index (χ4v) is 3.61. The molecule has 1 aliphatic carbocycles. The standard InChI is InChI=1S/C18H27NO3/c1-20-16-9-5-8-15(18(19)10-3-2-4-11-18)17(16)22-14-7-6-12-21-13-14/h5,8-9,14H,2-4,6-7,10-13,19H2,1H3. The summed E-state index contributed by atoms with van der Waals surface area (Å²) in [5, 5.41) is 0. The van der Waals surface area contributed by atoms with Crippen LogP contribution in [0, 0.1) is 0 Å². The second-order valence-electron chi connectivity index (χ2n) is 6.51. The molecule has 2 N–H and O–H groups in total. The van der Waals surface area contributed by atoms with E-state index in [9.17, 15) is 0 Å². The SMILES string of the molecule is COc1cccc(C2(N)CCCCC2)c1OC1CCCOC1. The zero-order valence-corrected chi connectivity index (χ0v) is 13.5. The molecule has 0 radical (unpaired) electrons. The van der Waals surface area contributed by atoms with Crippen LogP contribution < -0.4 is 15.2 Å². The zero-order chi connectivity index (χ0) is 15.4. The largest absolute Gasteiger partial charge is 0.493 e. The highest BCUT2D eigenvalue weighted by atomic mass is 16.5. The van der Waals surface area contributed by atoms with Gasteiger partial charge >= 0.3 is 0 Å². The van der Waals surface area contributed by atoms with Gasteiger partial charge < -0.3 is 19.9 Å². The van der Waals surface area contributed by atoms with Crippen LogP contribution in [0.3, 0.4) is 0 Å². The Balaban J connectivity index is 1.91. The van der Waals surface area contributed by atoms with Gasteiger partial charge in [0.05, 0.1) is 13.7 Å². The molecule has 1 aliphatic heterocycles. The Morgan fingerprint density at radius 2 is 2.00 bits per heavy atom. The molecule has 0 amide bonds. The number of methoxy groups -OCH3 is 1. The summed E-state index contributed by atoms with van der Waals surface area (Å²) >= 11 is 0. The molecule has 4 nitrogen and oxygen atoms in total. The van der Waals surface area contributed by atoms with Crippen LogP contribution in [0.2, 0.25) is 0 Å². The Morgan fingerprint density at radius 1 is 1.18 bits per heavy atom. The van der Waals surface area contributed by atoms with Crippen LogP contribution in [0.4, 0.5) is 0 Å². The van der Waals surface area contributed by atoms with E-state index in [4.69, 9.17) is 19.9 Å². The molecular weight excluding hydrogens is 278 g/mol. The van der Waals surface area contributed by atoms with Gasteiger partial charge in [-0.25, -0.2) is 0 Å². The molecule has 1 saturated carbocycles. The van der Waals surface area contributed by atoms with Gasteiger partial charge in [-0.3, -0.25) is 0 Å². The summed E-state index contributed by atoms with van der Waals surface area (Å²) in [6.45, 7) is 1.48. The van der Waals surface area contributed by atoms with E-state index in [1.54, 1.807) is 7.11 Å². The third kappa shape index (κ3) is 3.23. The maximum Gasteiger partial charge on any atom is 0.166 e. The first-order valence-corrected chi connectivity index (χ1v) is 8.44. The second kappa shape index (κ2) is 6.88. The highest BCUT2D eigenvalue weighted by Gasteiger charge is 2.34. The smallest absolute Gasteiger partial charge is 0.166 e. The quantitative estimate of drug-likeness (QED) is 0.926. The summed E-state index contributed by atoms with van der Waals surface area (Å²) in [6, 6.07) is 6.07. The topological polar surface area (TPSA) is 53.7 Å². The van der Waals surface area contributed by atoms with E-state index < -0.39 is 0 Å². The van der Waals surface area contributed by atoms with Crippen LogP contribution in [0.1, 0.15) is 50.5 Å². The van der Waals surface area contributed by atoms with E-state index in [0.717, 1.165) is 49.4 Å². The molecule has 0 bridgehead atoms. The maximum atomic E-state index is 6.74. The third-order valence-electron chi connectivity index (χ3n) is 4.88. The molecule has 4 heteroatoms. The summed E-state index contributed by atoms with van der Waals surface area (Å²) in [5.74, 6) is 1.60. The summed E-state index contributed by atoms with van der Waals surface area (Å²) in [7, 11) is 1.69. The average molecular weight is 305 g/mol. The first kappa shape index (κ1) is 15.6. The van der Waals surface area contributed by atoms with Gasteiger partial charge in [-0.1, -0.05) is 31.4 Å². The van der Waals surface area contributed by atoms with Gasteiger partial charge in [-0.05, 0) is 31.7 Å². The minimum absolute atomic E-state index is 0.0935. The van der Waals surface area contributed by atoms with Crippen LogP contribution in [0.5, 0.6) is 11.5 Å². The second-order valence-corrected chi connectivity index (χ2v) is 6.51. The van der Waals surface area contributed by atoms with Gasteiger partial charge in [0, 0.05) is 17.7 Å². The third-order valence-corrected chi connectivity index (χ3v) is 4.88. The minimum Gasteiger partial charge on any atom is -0.493 e. The lowest BCUT2D eigenvalue weighted by Crippen LogP contribution is -2.39. The van der Waals surface area contributed by atoms with E-state index in [1.165, 1.54) is 19.3 Å². The average Bonchev–Trinajstić information content (AvgIpc) is 2.56. The molecule has 1 unspecified atom stereocenters. The number of rotatable bonds is 4. The minimum atomic E-state index is -0.294. The number of nitrogens with two attached hydrogens (primary N) is 1. The Morgan fingerprint density at radius 3 is 2.68 bits per heavy atom. The van der Waals surface area contributed by atoms with Gasteiger partial charge in [0.25, 0.3) is 0 Å². The fraction of sp³-hybridized carbons (Fsp3) is 0.667. The van der Waals surface area contributed by atoms with E-state index in [2.05, 4.69) is 6.07 Å². The van der Waals surface area contributed by atoms with Crippen molar-refractivity contribution in [3.8, 4) is 11.5 Å². The number of hydrogen-bond donors (Lipinski definition) is 1. The van der Waals surface area contributed by atoms with Crippen molar-refractivity contribution in [1.29, 1.82) is 0 Å². The fourth-order valence-electron chi connectivity index (χ4n) is 3.61. The monoisotopic (exact) mass is 305 g/mol. The maximum absolute atomic E-state index is 6.74. The number of para-hydroxylation sites is 1. The Bertz CT molecular complexity index is 491. The number of hydrogen-bond acceptors (Lipinski definition) is 4. The molecule has 122 valence electrons. The molecule has 1 aromatic rings. The van der Waals surface area contributed by atoms with Crippen molar-refractivity contribution < 1.29 is 14.2 Å². The van der Waals surface area contributed by atoms with Crippen molar-refractivity contribution in [1.82, 2.24) is 0 Å². The summed E-state index contributed by atoms with van der Waals surface area (Å²) in [5.41, 5.74) is 7.54. The molecule has 1 heterocycles. The Hall–Kier alpha value is -1.26. The Kier molecular flexibility index (Phi) is 4.89. The van der Waals surface area contributed by atoms with Crippen LogP contribution in [0.15, 0.2) is 18.2 Å². The first-order valence-electron chi connectivity index (χ1n) is 8.44. The summed E-state index contributed by atoms with van der Waals surface area (Å²) in [6.07, 6.45) is 7.82. The highest BCUT2D eigenvalue weighted by Crippen LogP contribution is 2.43. The first-order chi connectivity index (χ1) is 10.7. The van der Waals surface area contributed by atoms with E-state index in [-0.39, 0.29) is 11.6 Å². The molecular formula is C18H27NO3. The predicted molar refractivity (Wildman–Crippen MR) is 86.4 cm³/mol. The van der Waals surface area contributed by atoms with Gasteiger partial charge in [0.2, 0.25) is 0 Å². The van der Waals surface area contributed by atoms with Crippen molar-refractivity contribution in [2.75, 3.05) is 20.3 Å². The van der Waals surface area contributed by atoms with Crippen LogP contribution in [-0.4, -0.2) is 26.4 Å². The summed E-state index contributed by atoms with van der Waals surface area (Å²) in [4.78, 5) is 0. The van der Waals surface area contributed by atoms with Crippen molar-refractivity contribution >= 4 is 0 Å². The molecule has 2 aliphatic rings. The van der Waals surface area contributed by atoms with Gasteiger partial charge in [0.15, 0.2) is 11.5 Å². The van der Waals surface area contributed by atoms with Gasteiger partial charge in [0.1, 0.15) is 6.10 Å². The normalized spacial score (nSPS) is 24.7. The zero-order valence-electron chi connectivity index (χ0n) is 13.5. The molecule has 0 spiro atoms. The van der Waals surface area contributed by atoms with Crippen molar-refractivity contribution in [3.05, 3.63) is 23.8 Å². The lowest BCUT2D eigenvalue weighted by Gasteiger charge is -2.36. The summed E-state index contributed by atoms with van der Waals surface area (Å²) < 4.78 is 17.4. The number of ether oxygens (including phenoxy) is 3. The van der Waals surface area contributed by atoms with Crippen LogP contribution in [-0.2, 0) is 10.3 Å². The highest BCUT2D eigenvalue weighted by molar-refractivity contribution is 5.50. The van der Waals surface area contributed by atoms with E-state index in [0.29, 0.717) is 6.61 Å². The van der Waals surface area contributed by atoms with Crippen molar-refractivity contribution in [3.63, 3.8) is 0 Å². The van der Waals surface area contributed by atoms with Crippen LogP contribution >= 0.6 is 0 Å². The predicted octanol–water partition coefficient (Wildman–Crippen LogP) is 3.37. The lowest BCUT2D eigenvalue weighted by molar-refractivity contribution is 0.00534. The molecule has 1 saturated heterocycles.